The predicted molar refractivity (Wildman–Crippen MR) is 179 cm³/mol. The molecule has 2 aromatic rings. The third-order valence-corrected chi connectivity index (χ3v) is 6.68. The number of hydrogen-bond acceptors (Lipinski definition) is 8. The maximum Gasteiger partial charge on any atom is 0.248 e. The Morgan fingerprint density at radius 3 is 2.20 bits per heavy atom. The van der Waals surface area contributed by atoms with E-state index in [0.29, 0.717) is 19.0 Å². The highest BCUT2D eigenvalue weighted by Crippen LogP contribution is 2.22. The minimum Gasteiger partial charge on any atom is -0.400 e. The molecule has 0 unspecified atom stereocenters. The van der Waals surface area contributed by atoms with E-state index in [9.17, 15) is 14.4 Å². The number of fused-ring (bicyclic) bond motifs is 1. The van der Waals surface area contributed by atoms with Gasteiger partial charge in [-0.2, -0.15) is 5.06 Å². The summed E-state index contributed by atoms with van der Waals surface area (Å²) in [7, 11) is 3.06. The first-order valence-electron chi connectivity index (χ1n) is 15.3. The van der Waals surface area contributed by atoms with Crippen molar-refractivity contribution >= 4 is 35.7 Å². The van der Waals surface area contributed by atoms with Crippen LogP contribution >= 0.6 is 0 Å². The molecule has 3 rings (SSSR count). The number of benzene rings is 2. The summed E-state index contributed by atoms with van der Waals surface area (Å²) in [6.45, 7) is 12.9. The zero-order chi connectivity index (χ0) is 33.8. The van der Waals surface area contributed by atoms with E-state index >= 15 is 0 Å². The van der Waals surface area contributed by atoms with Crippen molar-refractivity contribution in [2.24, 2.45) is 17.6 Å². The van der Waals surface area contributed by atoms with E-state index in [4.69, 9.17) is 14.7 Å². The summed E-state index contributed by atoms with van der Waals surface area (Å²) >= 11 is 0. The molecule has 0 atom stereocenters. The number of amides is 2. The van der Waals surface area contributed by atoms with Gasteiger partial charge < -0.3 is 30.6 Å². The van der Waals surface area contributed by atoms with Gasteiger partial charge in [0.05, 0.1) is 13.1 Å². The molecule has 0 radical (unpaired) electrons. The lowest BCUT2D eigenvalue weighted by Crippen LogP contribution is -2.37. The number of hydrogen-bond donors (Lipinski definition) is 3. The van der Waals surface area contributed by atoms with Crippen LogP contribution in [0.5, 0.6) is 0 Å². The van der Waals surface area contributed by atoms with Crippen LogP contribution in [-0.2, 0) is 30.6 Å². The molecule has 250 valence electrons. The van der Waals surface area contributed by atoms with Crippen LogP contribution in [0.4, 0.5) is 0 Å². The molecule has 0 saturated heterocycles. The van der Waals surface area contributed by atoms with Gasteiger partial charge in [0.15, 0.2) is 0 Å². The summed E-state index contributed by atoms with van der Waals surface area (Å²) in [5.74, 6) is 1.19. The van der Waals surface area contributed by atoms with E-state index in [1.807, 2.05) is 37.1 Å². The molecule has 0 spiro atoms. The van der Waals surface area contributed by atoms with E-state index in [1.165, 1.54) is 44.1 Å². The Balaban J connectivity index is 0. The zero-order valence-corrected chi connectivity index (χ0v) is 27.9. The Hall–Kier alpha value is -3.18. The normalized spacial score (nSPS) is 12.4. The van der Waals surface area contributed by atoms with Crippen molar-refractivity contribution < 1.29 is 29.1 Å². The number of aldehydes is 1. The van der Waals surface area contributed by atoms with Gasteiger partial charge in [0.2, 0.25) is 11.8 Å². The van der Waals surface area contributed by atoms with Gasteiger partial charge in [-0.25, -0.2) is 0 Å². The molecule has 0 aromatic heterocycles. The Labute approximate surface area is 265 Å². The Morgan fingerprint density at radius 1 is 1.07 bits per heavy atom. The summed E-state index contributed by atoms with van der Waals surface area (Å²) < 4.78 is 0. The first kappa shape index (κ1) is 43.0. The largest absolute Gasteiger partial charge is 0.400 e. The Bertz CT molecular complexity index is 1000. The van der Waals surface area contributed by atoms with Crippen LogP contribution in [0.15, 0.2) is 42.5 Å². The topological polar surface area (TPSA) is 142 Å². The lowest BCUT2D eigenvalue weighted by molar-refractivity contribution is -0.175. The Kier molecular flexibility index (Phi) is 27.9. The van der Waals surface area contributed by atoms with Crippen molar-refractivity contribution in [2.75, 3.05) is 46.9 Å². The van der Waals surface area contributed by atoms with Crippen LogP contribution in [0.25, 0.3) is 10.8 Å². The number of nitrogens with two attached hydrogens (primary N) is 1. The van der Waals surface area contributed by atoms with E-state index in [2.05, 4.69) is 55.9 Å². The number of carbonyl (C=O) groups excluding carboxylic acids is 4. The molecule has 0 aliphatic heterocycles. The fraction of sp³-hybridized carbons (Fsp3) is 0.588. The first-order valence-corrected chi connectivity index (χ1v) is 15.3. The smallest absolute Gasteiger partial charge is 0.248 e. The highest BCUT2D eigenvalue weighted by Gasteiger charge is 2.12. The van der Waals surface area contributed by atoms with Crippen LogP contribution in [0.1, 0.15) is 71.8 Å². The summed E-state index contributed by atoms with van der Waals surface area (Å²) in [4.78, 5) is 48.2. The number of aliphatic hydroxyl groups is 1. The maximum absolute atomic E-state index is 12.1. The monoisotopic (exact) mass is 618 g/mol. The number of carbonyl (C=O) groups is 4. The van der Waals surface area contributed by atoms with Gasteiger partial charge in [-0.3, -0.25) is 14.4 Å². The van der Waals surface area contributed by atoms with Gasteiger partial charge in [0, 0.05) is 27.1 Å². The second-order valence-electron chi connectivity index (χ2n) is 11.1. The van der Waals surface area contributed by atoms with Crippen molar-refractivity contribution in [3.05, 3.63) is 48.0 Å². The summed E-state index contributed by atoms with van der Waals surface area (Å²) in [5.41, 5.74) is 5.53. The number of hydroxylamine groups is 2. The molecule has 10 heteroatoms. The molecule has 2 amide bonds. The second-order valence-corrected chi connectivity index (χ2v) is 11.1. The van der Waals surface area contributed by atoms with Crippen LogP contribution in [0.2, 0.25) is 0 Å². The highest BCUT2D eigenvalue weighted by molar-refractivity contribution is 5.85. The lowest BCUT2D eigenvalue weighted by atomic mass is 9.91. The SMILES string of the molecule is C=O.CC(C)CCN(C)CCNC(=O)CON(CC=O)Cc1cccc2ccccc12.CC(N)=O.CC1CCCCC1.CO. The van der Waals surface area contributed by atoms with Gasteiger partial charge in [0.1, 0.15) is 19.7 Å². The van der Waals surface area contributed by atoms with Crippen molar-refractivity contribution in [3.8, 4) is 0 Å². The maximum atomic E-state index is 12.1. The first-order chi connectivity index (χ1) is 21.1. The van der Waals surface area contributed by atoms with Gasteiger partial charge in [0.25, 0.3) is 0 Å². The molecular formula is C34H58N4O6. The summed E-state index contributed by atoms with van der Waals surface area (Å²) in [6.07, 6.45) is 9.36. The molecular weight excluding hydrogens is 560 g/mol. The number of primary amides is 1. The average molecular weight is 619 g/mol. The fourth-order valence-corrected chi connectivity index (χ4v) is 4.35. The van der Waals surface area contributed by atoms with E-state index in [-0.39, 0.29) is 25.0 Å². The fourth-order valence-electron chi connectivity index (χ4n) is 4.35. The third-order valence-electron chi connectivity index (χ3n) is 6.68. The highest BCUT2D eigenvalue weighted by atomic mass is 16.7. The zero-order valence-electron chi connectivity index (χ0n) is 27.9. The van der Waals surface area contributed by atoms with Gasteiger partial charge in [-0.05, 0) is 48.2 Å². The molecule has 2 aromatic carbocycles. The number of rotatable bonds is 13. The van der Waals surface area contributed by atoms with E-state index < -0.39 is 0 Å². The molecule has 10 nitrogen and oxygen atoms in total. The molecule has 1 aliphatic rings. The molecule has 4 N–H and O–H groups in total. The summed E-state index contributed by atoms with van der Waals surface area (Å²) in [6, 6.07) is 14.1. The average Bonchev–Trinajstić information content (AvgIpc) is 3.01. The Morgan fingerprint density at radius 2 is 1.66 bits per heavy atom. The number of nitrogens with zero attached hydrogens (tertiary/aromatic N) is 2. The van der Waals surface area contributed by atoms with Gasteiger partial charge in [-0.15, -0.1) is 0 Å². The van der Waals surface area contributed by atoms with E-state index in [1.54, 1.807) is 0 Å². The van der Waals surface area contributed by atoms with Crippen LogP contribution in [-0.4, -0.2) is 86.9 Å². The summed E-state index contributed by atoms with van der Waals surface area (Å²) in [5, 5.41) is 13.7. The van der Waals surface area contributed by atoms with Crippen molar-refractivity contribution in [1.29, 1.82) is 0 Å². The minimum atomic E-state index is -0.333. The molecule has 44 heavy (non-hydrogen) atoms. The standard InChI is InChI=1S/C23H33N3O3.C7H14.C2H5NO.CH4O.CH2O/c1-19(2)11-13-25(3)14-12-24-23(28)18-29-26(15-16-27)17-21-9-6-8-20-7-4-5-10-22(20)21;1-7-5-3-2-4-6-7;1-2(3)4;2*1-2/h4-10,16,19H,11-15,17-18H2,1-3H3,(H,24,28);7H,2-6H2,1H3;1H3,(H2,3,4);2H,1H3;1H2. The van der Waals surface area contributed by atoms with Crippen molar-refractivity contribution in [2.45, 2.75) is 72.8 Å². The predicted octanol–water partition coefficient (Wildman–Crippen LogP) is 4.37. The molecule has 0 heterocycles. The van der Waals surface area contributed by atoms with Gasteiger partial charge >= 0.3 is 0 Å². The molecule has 1 saturated carbocycles. The van der Waals surface area contributed by atoms with Crippen molar-refractivity contribution in [3.63, 3.8) is 0 Å². The molecule has 0 bridgehead atoms. The van der Waals surface area contributed by atoms with Crippen LogP contribution in [0, 0.1) is 11.8 Å². The quantitative estimate of drug-likeness (QED) is 0.222. The number of nitrogens with one attached hydrogen (secondary N) is 1. The van der Waals surface area contributed by atoms with Crippen LogP contribution < -0.4 is 11.1 Å². The van der Waals surface area contributed by atoms with E-state index in [0.717, 1.165) is 55.2 Å². The van der Waals surface area contributed by atoms with Crippen molar-refractivity contribution in [1.82, 2.24) is 15.3 Å². The minimum absolute atomic E-state index is 0.103. The third kappa shape index (κ3) is 23.3. The lowest BCUT2D eigenvalue weighted by Gasteiger charge is -2.21. The number of aliphatic hydroxyl groups excluding tert-OH is 1. The molecule has 1 aliphatic carbocycles. The molecule has 1 fully saturated rings. The number of likely N-dealkylation sites (N-methyl/N-ethyl adjacent to an activating group) is 1. The van der Waals surface area contributed by atoms with Crippen LogP contribution in [0.3, 0.4) is 0 Å². The van der Waals surface area contributed by atoms with Gasteiger partial charge in [-0.1, -0.05) is 95.3 Å². The second kappa shape index (κ2) is 28.6.